The van der Waals surface area contributed by atoms with Crippen molar-refractivity contribution in [2.45, 2.75) is 34.1 Å². The summed E-state index contributed by atoms with van der Waals surface area (Å²) in [4.78, 5) is 25.6. The Balaban J connectivity index is 2.09. The molecule has 0 aliphatic heterocycles. The van der Waals surface area contributed by atoms with Crippen molar-refractivity contribution in [3.8, 4) is 0 Å². The van der Waals surface area contributed by atoms with Gasteiger partial charge in [0.25, 0.3) is 0 Å². The summed E-state index contributed by atoms with van der Waals surface area (Å²) in [6.45, 7) is 7.25. The summed E-state index contributed by atoms with van der Waals surface area (Å²) < 4.78 is 4.89. The minimum absolute atomic E-state index is 0.120. The number of aromatic nitrogens is 1. The van der Waals surface area contributed by atoms with E-state index in [0.717, 1.165) is 11.1 Å². The number of halogens is 1. The third-order valence-electron chi connectivity index (χ3n) is 3.51. The van der Waals surface area contributed by atoms with E-state index < -0.39 is 0 Å². The number of rotatable bonds is 5. The van der Waals surface area contributed by atoms with E-state index in [0.29, 0.717) is 22.3 Å². The summed E-state index contributed by atoms with van der Waals surface area (Å²) in [5.74, 6) is 0.540. The van der Waals surface area contributed by atoms with Crippen LogP contribution in [0.1, 0.15) is 30.2 Å². The maximum atomic E-state index is 12.0. The molecule has 2 amide bonds. The van der Waals surface area contributed by atoms with E-state index in [1.165, 1.54) is 11.8 Å². The lowest BCUT2D eigenvalue weighted by molar-refractivity contribution is -0.117. The topological polar surface area (TPSA) is 75.4 Å². The molecule has 0 aliphatic rings. The van der Waals surface area contributed by atoms with Crippen LogP contribution in [0, 0.1) is 20.8 Å². The molecule has 2 rings (SSSR count). The second-order valence-corrected chi connectivity index (χ2v) is 6.11. The van der Waals surface area contributed by atoms with E-state index >= 15 is 0 Å². The first kappa shape index (κ1) is 18.0. The fourth-order valence-corrected chi connectivity index (χ4v) is 2.94. The first-order chi connectivity index (χ1) is 11.3. The molecule has 0 bridgehead atoms. The van der Waals surface area contributed by atoms with Gasteiger partial charge in [0.15, 0.2) is 5.82 Å². The van der Waals surface area contributed by atoms with Crippen LogP contribution in [0.2, 0.25) is 5.02 Å². The first-order valence-electron chi connectivity index (χ1n) is 7.56. The summed E-state index contributed by atoms with van der Waals surface area (Å²) in [6, 6.07) is 5.38. The Morgan fingerprint density at radius 3 is 2.50 bits per heavy atom. The van der Waals surface area contributed by atoms with Crippen molar-refractivity contribution in [1.29, 1.82) is 0 Å². The van der Waals surface area contributed by atoms with Crippen molar-refractivity contribution in [2.24, 2.45) is 0 Å². The van der Waals surface area contributed by atoms with E-state index in [1.807, 2.05) is 19.9 Å². The molecule has 2 aromatic rings. The number of hydrogen-bond acceptors (Lipinski definition) is 4. The molecule has 1 heterocycles. The summed E-state index contributed by atoms with van der Waals surface area (Å²) in [6.07, 6.45) is 0.120. The van der Waals surface area contributed by atoms with Crippen molar-refractivity contribution in [2.75, 3.05) is 16.8 Å². The standard InChI is InChI=1S/C17H20ClN3O3/c1-10-7-11(2)17(14(18)8-10)21(13(4)22)6-5-16(23)19-15-9-12(3)24-20-15/h7-9H,5-6H2,1-4H3,(H,19,20,23). The molecule has 128 valence electrons. The largest absolute Gasteiger partial charge is 0.360 e. The number of nitrogens with one attached hydrogen (secondary N) is 1. The van der Waals surface area contributed by atoms with E-state index in [9.17, 15) is 9.59 Å². The predicted octanol–water partition coefficient (Wildman–Crippen LogP) is 3.63. The number of hydrogen-bond donors (Lipinski definition) is 1. The van der Waals surface area contributed by atoms with Gasteiger partial charge in [0.1, 0.15) is 5.76 Å². The smallest absolute Gasteiger partial charge is 0.227 e. The van der Waals surface area contributed by atoms with Gasteiger partial charge in [-0.1, -0.05) is 22.8 Å². The van der Waals surface area contributed by atoms with E-state index in [2.05, 4.69) is 10.5 Å². The predicted molar refractivity (Wildman–Crippen MR) is 93.4 cm³/mol. The molecule has 0 spiro atoms. The molecule has 0 fully saturated rings. The van der Waals surface area contributed by atoms with Gasteiger partial charge < -0.3 is 14.7 Å². The zero-order valence-corrected chi connectivity index (χ0v) is 14.9. The lowest BCUT2D eigenvalue weighted by atomic mass is 10.1. The highest BCUT2D eigenvalue weighted by molar-refractivity contribution is 6.34. The maximum absolute atomic E-state index is 12.0. The number of anilines is 2. The van der Waals surface area contributed by atoms with E-state index in [4.69, 9.17) is 16.1 Å². The Labute approximate surface area is 145 Å². The zero-order chi connectivity index (χ0) is 17.9. The average molecular weight is 350 g/mol. The van der Waals surface area contributed by atoms with Gasteiger partial charge in [0.05, 0.1) is 10.7 Å². The molecule has 0 saturated heterocycles. The van der Waals surface area contributed by atoms with Gasteiger partial charge in [0.2, 0.25) is 11.8 Å². The quantitative estimate of drug-likeness (QED) is 0.894. The summed E-state index contributed by atoms with van der Waals surface area (Å²) in [7, 11) is 0. The number of carbonyl (C=O) groups is 2. The Hall–Kier alpha value is -2.34. The second-order valence-electron chi connectivity index (χ2n) is 5.70. The van der Waals surface area contributed by atoms with Crippen molar-refractivity contribution in [3.63, 3.8) is 0 Å². The van der Waals surface area contributed by atoms with Crippen LogP contribution in [0.5, 0.6) is 0 Å². The number of amides is 2. The van der Waals surface area contributed by atoms with E-state index in [1.54, 1.807) is 19.1 Å². The first-order valence-corrected chi connectivity index (χ1v) is 7.93. The van der Waals surface area contributed by atoms with Crippen LogP contribution in [-0.4, -0.2) is 23.5 Å². The van der Waals surface area contributed by atoms with Crippen LogP contribution >= 0.6 is 11.6 Å². The van der Waals surface area contributed by atoms with Crippen LogP contribution < -0.4 is 10.2 Å². The number of nitrogens with zero attached hydrogens (tertiary/aromatic N) is 2. The van der Waals surface area contributed by atoms with Crippen molar-refractivity contribution < 1.29 is 14.1 Å². The zero-order valence-electron chi connectivity index (χ0n) is 14.1. The molecule has 1 aromatic carbocycles. The average Bonchev–Trinajstić information content (AvgIpc) is 2.86. The lowest BCUT2D eigenvalue weighted by Gasteiger charge is -2.24. The minimum atomic E-state index is -0.254. The summed E-state index contributed by atoms with van der Waals surface area (Å²) >= 11 is 6.30. The van der Waals surface area contributed by atoms with Crippen molar-refractivity contribution in [1.82, 2.24) is 5.16 Å². The Morgan fingerprint density at radius 2 is 1.96 bits per heavy atom. The van der Waals surface area contributed by atoms with Crippen LogP contribution in [0.15, 0.2) is 22.7 Å². The monoisotopic (exact) mass is 349 g/mol. The molecule has 1 N–H and O–H groups in total. The van der Waals surface area contributed by atoms with Gasteiger partial charge in [-0.05, 0) is 38.0 Å². The molecule has 0 atom stereocenters. The number of benzene rings is 1. The highest BCUT2D eigenvalue weighted by atomic mass is 35.5. The van der Waals surface area contributed by atoms with Gasteiger partial charge >= 0.3 is 0 Å². The number of aryl methyl sites for hydroxylation is 3. The van der Waals surface area contributed by atoms with Gasteiger partial charge in [0, 0.05) is 26.0 Å². The molecule has 0 saturated carbocycles. The maximum Gasteiger partial charge on any atom is 0.227 e. The molecule has 6 nitrogen and oxygen atoms in total. The van der Waals surface area contributed by atoms with Crippen LogP contribution in [0.4, 0.5) is 11.5 Å². The molecular weight excluding hydrogens is 330 g/mol. The SMILES string of the molecule is CC(=O)N(CCC(=O)Nc1cc(C)on1)c1c(C)cc(C)cc1Cl. The summed E-state index contributed by atoms with van der Waals surface area (Å²) in [5.41, 5.74) is 2.55. The highest BCUT2D eigenvalue weighted by Gasteiger charge is 2.19. The fraction of sp³-hybridized carbons (Fsp3) is 0.353. The Morgan fingerprint density at radius 1 is 1.25 bits per heavy atom. The van der Waals surface area contributed by atoms with Crippen LogP contribution in [-0.2, 0) is 9.59 Å². The Kier molecular flexibility index (Phi) is 5.62. The third-order valence-corrected chi connectivity index (χ3v) is 3.79. The van der Waals surface area contributed by atoms with E-state index in [-0.39, 0.29) is 24.8 Å². The van der Waals surface area contributed by atoms with Gasteiger partial charge in [-0.15, -0.1) is 0 Å². The van der Waals surface area contributed by atoms with Crippen LogP contribution in [0.3, 0.4) is 0 Å². The third kappa shape index (κ3) is 4.35. The second kappa shape index (κ2) is 7.49. The highest BCUT2D eigenvalue weighted by Crippen LogP contribution is 2.31. The normalized spacial score (nSPS) is 10.5. The molecule has 7 heteroatoms. The fourth-order valence-electron chi connectivity index (χ4n) is 2.52. The van der Waals surface area contributed by atoms with Crippen LogP contribution in [0.25, 0.3) is 0 Å². The van der Waals surface area contributed by atoms with Crippen molar-refractivity contribution >= 4 is 34.9 Å². The molecule has 0 radical (unpaired) electrons. The molecule has 24 heavy (non-hydrogen) atoms. The van der Waals surface area contributed by atoms with Crippen molar-refractivity contribution in [3.05, 3.63) is 40.1 Å². The molecule has 0 unspecified atom stereocenters. The number of carbonyl (C=O) groups excluding carboxylic acids is 2. The van der Waals surface area contributed by atoms with Gasteiger partial charge in [-0.25, -0.2) is 0 Å². The molecule has 0 aliphatic carbocycles. The molecular formula is C17H20ClN3O3. The Bertz CT molecular complexity index is 747. The van der Waals surface area contributed by atoms with Gasteiger partial charge in [-0.2, -0.15) is 0 Å². The minimum Gasteiger partial charge on any atom is -0.360 e. The lowest BCUT2D eigenvalue weighted by Crippen LogP contribution is -2.32. The molecule has 1 aromatic heterocycles. The van der Waals surface area contributed by atoms with Gasteiger partial charge in [-0.3, -0.25) is 9.59 Å². The summed E-state index contributed by atoms with van der Waals surface area (Å²) in [5, 5.41) is 6.83.